The van der Waals surface area contributed by atoms with Gasteiger partial charge >= 0.3 is 0 Å². The molecule has 2 aromatic carbocycles. The number of morpholine rings is 1. The van der Waals surface area contributed by atoms with Gasteiger partial charge in [-0.1, -0.05) is 11.6 Å². The monoisotopic (exact) mass is 510 g/mol. The maximum Gasteiger partial charge on any atom is 0.255 e. The summed E-state index contributed by atoms with van der Waals surface area (Å²) < 4.78 is 30.4. The first kappa shape index (κ1) is 25.4. The van der Waals surface area contributed by atoms with Crippen LogP contribution in [0.3, 0.4) is 0 Å². The minimum Gasteiger partial charge on any atom is -0.493 e. The number of amides is 2. The van der Waals surface area contributed by atoms with Crippen molar-refractivity contribution in [3.8, 4) is 11.5 Å². The van der Waals surface area contributed by atoms with Crippen molar-refractivity contribution in [2.75, 3.05) is 38.8 Å². The first-order valence-corrected chi connectivity index (χ1v) is 10.4. The van der Waals surface area contributed by atoms with Gasteiger partial charge in [0.15, 0.2) is 11.5 Å². The highest BCUT2D eigenvalue weighted by Gasteiger charge is 2.26. The Morgan fingerprint density at radius 1 is 1.15 bits per heavy atom. The van der Waals surface area contributed by atoms with E-state index in [1.54, 1.807) is 18.2 Å². The first-order chi connectivity index (χ1) is 16.0. The van der Waals surface area contributed by atoms with Gasteiger partial charge in [0.25, 0.3) is 11.8 Å². The summed E-state index contributed by atoms with van der Waals surface area (Å²) >= 11 is 5.82. The number of nitrogens with one attached hydrogen (secondary N) is 1. The van der Waals surface area contributed by atoms with Crippen LogP contribution in [0.15, 0.2) is 36.7 Å². The van der Waals surface area contributed by atoms with Gasteiger partial charge in [-0.3, -0.25) is 14.5 Å². The molecule has 3 aromatic rings. The SMILES string of the molecule is COc1cc2c(Nc3ccc(Cl)cc3F)ncnc2cc1OCCCN1C(=O)COCC1=O.Cl. The number of imide groups is 1. The second-order valence-electron chi connectivity index (χ2n) is 7.13. The van der Waals surface area contributed by atoms with Crippen LogP contribution in [-0.2, 0) is 14.3 Å². The molecule has 1 aromatic heterocycles. The zero-order chi connectivity index (χ0) is 23.4. The van der Waals surface area contributed by atoms with Crippen molar-refractivity contribution in [1.82, 2.24) is 14.9 Å². The number of ether oxygens (including phenoxy) is 3. The van der Waals surface area contributed by atoms with Gasteiger partial charge < -0.3 is 19.5 Å². The lowest BCUT2D eigenvalue weighted by Gasteiger charge is -2.24. The lowest BCUT2D eigenvalue weighted by molar-refractivity contribution is -0.158. The standard InChI is InChI=1S/C22H20ClFN4O5.ClH/c1-31-18-8-14-17(25-12-26-22(14)27-16-4-3-13(23)7-15(16)24)9-19(18)33-6-2-5-28-20(29)10-32-11-21(28)30;/h3-4,7-9,12H,2,5-6,10-11H2,1H3,(H,25,26,27);1H. The molecular weight excluding hydrogens is 490 g/mol. The molecule has 9 nitrogen and oxygen atoms in total. The van der Waals surface area contributed by atoms with Crippen LogP contribution >= 0.6 is 24.0 Å². The number of hydrogen-bond donors (Lipinski definition) is 1. The molecule has 0 spiro atoms. The Balaban J connectivity index is 0.00000324. The molecule has 1 aliphatic heterocycles. The van der Waals surface area contributed by atoms with E-state index in [9.17, 15) is 14.0 Å². The number of halogens is 3. The number of carbonyl (C=O) groups excluding carboxylic acids is 2. The highest BCUT2D eigenvalue weighted by molar-refractivity contribution is 6.30. The van der Waals surface area contributed by atoms with Gasteiger partial charge in [-0.05, 0) is 30.7 Å². The molecule has 12 heteroatoms. The summed E-state index contributed by atoms with van der Waals surface area (Å²) in [5.74, 6) is 0.0167. The van der Waals surface area contributed by atoms with E-state index < -0.39 is 5.82 Å². The molecule has 2 amide bonds. The van der Waals surface area contributed by atoms with Gasteiger partial charge in [0, 0.05) is 23.0 Å². The summed E-state index contributed by atoms with van der Waals surface area (Å²) in [6.07, 6.45) is 1.79. The maximum absolute atomic E-state index is 14.2. The largest absolute Gasteiger partial charge is 0.493 e. The van der Waals surface area contributed by atoms with E-state index in [2.05, 4.69) is 15.3 Å². The molecule has 0 bridgehead atoms. The third-order valence-electron chi connectivity index (χ3n) is 4.94. The van der Waals surface area contributed by atoms with Gasteiger partial charge in [0.05, 0.1) is 24.9 Å². The predicted octanol–water partition coefficient (Wildman–Crippen LogP) is 3.75. The average Bonchev–Trinajstić information content (AvgIpc) is 2.79. The third kappa shape index (κ3) is 5.64. The molecule has 0 saturated carbocycles. The van der Waals surface area contributed by atoms with E-state index in [4.69, 9.17) is 25.8 Å². The van der Waals surface area contributed by atoms with Gasteiger partial charge in [-0.2, -0.15) is 0 Å². The smallest absolute Gasteiger partial charge is 0.255 e. The van der Waals surface area contributed by atoms with E-state index >= 15 is 0 Å². The lowest BCUT2D eigenvalue weighted by Crippen LogP contribution is -2.46. The Bertz CT molecular complexity index is 1200. The van der Waals surface area contributed by atoms with Crippen molar-refractivity contribution < 1.29 is 28.2 Å². The molecule has 1 aliphatic rings. The zero-order valence-electron chi connectivity index (χ0n) is 18.0. The lowest BCUT2D eigenvalue weighted by atomic mass is 10.2. The minimum atomic E-state index is -0.515. The number of carbonyl (C=O) groups is 2. The van der Waals surface area contributed by atoms with Crippen molar-refractivity contribution in [3.05, 3.63) is 47.5 Å². The van der Waals surface area contributed by atoms with Crippen LogP contribution in [0.2, 0.25) is 5.02 Å². The molecule has 1 fully saturated rings. The molecule has 1 N–H and O–H groups in total. The molecule has 180 valence electrons. The molecule has 0 radical (unpaired) electrons. The molecule has 0 atom stereocenters. The fourth-order valence-electron chi connectivity index (χ4n) is 3.33. The number of hydrogen-bond acceptors (Lipinski definition) is 8. The van der Waals surface area contributed by atoms with Crippen molar-refractivity contribution >= 4 is 58.2 Å². The maximum atomic E-state index is 14.2. The van der Waals surface area contributed by atoms with E-state index in [0.29, 0.717) is 34.6 Å². The number of aromatic nitrogens is 2. The molecule has 4 rings (SSSR count). The summed E-state index contributed by atoms with van der Waals surface area (Å²) in [4.78, 5) is 33.2. The fraction of sp³-hybridized carbons (Fsp3) is 0.273. The number of benzene rings is 2. The second-order valence-corrected chi connectivity index (χ2v) is 7.56. The average molecular weight is 511 g/mol. The van der Waals surface area contributed by atoms with Crippen LogP contribution < -0.4 is 14.8 Å². The number of rotatable bonds is 8. The fourth-order valence-corrected chi connectivity index (χ4v) is 3.49. The molecular formula is C22H21Cl2FN4O5. The van der Waals surface area contributed by atoms with Gasteiger partial charge in [-0.15, -0.1) is 12.4 Å². The van der Waals surface area contributed by atoms with E-state index in [1.807, 2.05) is 0 Å². The van der Waals surface area contributed by atoms with Crippen LogP contribution in [0, 0.1) is 5.82 Å². The molecule has 0 unspecified atom stereocenters. The van der Waals surface area contributed by atoms with Gasteiger partial charge in [0.2, 0.25) is 0 Å². The highest BCUT2D eigenvalue weighted by Crippen LogP contribution is 2.35. The Morgan fingerprint density at radius 2 is 1.91 bits per heavy atom. The molecule has 0 aliphatic carbocycles. The Morgan fingerprint density at radius 3 is 2.62 bits per heavy atom. The second kappa shape index (κ2) is 11.3. The van der Waals surface area contributed by atoms with Crippen molar-refractivity contribution in [2.24, 2.45) is 0 Å². The summed E-state index contributed by atoms with van der Waals surface area (Å²) in [6, 6.07) is 7.67. The highest BCUT2D eigenvalue weighted by atomic mass is 35.5. The van der Waals surface area contributed by atoms with Gasteiger partial charge in [0.1, 0.15) is 31.2 Å². The van der Waals surface area contributed by atoms with Crippen LogP contribution in [-0.4, -0.2) is 60.2 Å². The molecule has 34 heavy (non-hydrogen) atoms. The summed E-state index contributed by atoms with van der Waals surface area (Å²) in [7, 11) is 1.49. The van der Waals surface area contributed by atoms with E-state index in [0.717, 1.165) is 0 Å². The van der Waals surface area contributed by atoms with Crippen molar-refractivity contribution in [1.29, 1.82) is 0 Å². The summed E-state index contributed by atoms with van der Waals surface area (Å²) in [5.41, 5.74) is 0.766. The molecule has 1 saturated heterocycles. The summed E-state index contributed by atoms with van der Waals surface area (Å²) in [6.45, 7) is 0.286. The van der Waals surface area contributed by atoms with Crippen LogP contribution in [0.1, 0.15) is 6.42 Å². The Hall–Kier alpha value is -3.21. The normalized spacial score (nSPS) is 13.6. The number of methoxy groups -OCH3 is 1. The molecule has 2 heterocycles. The van der Waals surface area contributed by atoms with Gasteiger partial charge in [-0.25, -0.2) is 14.4 Å². The van der Waals surface area contributed by atoms with E-state index in [1.165, 1.54) is 30.5 Å². The third-order valence-corrected chi connectivity index (χ3v) is 5.18. The Kier molecular flexibility index (Phi) is 8.43. The van der Waals surface area contributed by atoms with E-state index in [-0.39, 0.29) is 61.3 Å². The van der Waals surface area contributed by atoms with Crippen molar-refractivity contribution in [3.63, 3.8) is 0 Å². The number of nitrogens with zero attached hydrogens (tertiary/aromatic N) is 3. The predicted molar refractivity (Wildman–Crippen MR) is 126 cm³/mol. The van der Waals surface area contributed by atoms with Crippen molar-refractivity contribution in [2.45, 2.75) is 6.42 Å². The van der Waals surface area contributed by atoms with Crippen LogP contribution in [0.4, 0.5) is 15.9 Å². The zero-order valence-corrected chi connectivity index (χ0v) is 19.6. The number of fused-ring (bicyclic) bond motifs is 1. The Labute approximate surface area is 205 Å². The minimum absolute atomic E-state index is 0. The first-order valence-electron chi connectivity index (χ1n) is 10.0. The number of anilines is 2. The topological polar surface area (TPSA) is 103 Å². The quantitative estimate of drug-likeness (QED) is 0.361. The summed E-state index contributed by atoms with van der Waals surface area (Å²) in [5, 5.41) is 3.84. The van der Waals surface area contributed by atoms with Crippen LogP contribution in [0.25, 0.3) is 10.9 Å². The van der Waals surface area contributed by atoms with Crippen LogP contribution in [0.5, 0.6) is 11.5 Å².